The van der Waals surface area contributed by atoms with Crippen molar-refractivity contribution in [1.29, 1.82) is 0 Å². The van der Waals surface area contributed by atoms with Crippen molar-refractivity contribution < 1.29 is 4.79 Å². The predicted molar refractivity (Wildman–Crippen MR) is 72.8 cm³/mol. The first-order chi connectivity index (χ1) is 9.60. The number of hydrogen-bond acceptors (Lipinski definition) is 5. The van der Waals surface area contributed by atoms with Crippen molar-refractivity contribution in [2.24, 2.45) is 5.73 Å². The Morgan fingerprint density at radius 2 is 2.30 bits per heavy atom. The molecule has 2 aromatic heterocycles. The van der Waals surface area contributed by atoms with Crippen LogP contribution in [0.1, 0.15) is 23.9 Å². The quantitative estimate of drug-likeness (QED) is 0.780. The van der Waals surface area contributed by atoms with Gasteiger partial charge < -0.3 is 15.6 Å². The first-order valence-electron chi connectivity index (χ1n) is 6.45. The number of amides is 1. The summed E-state index contributed by atoms with van der Waals surface area (Å²) in [5.41, 5.74) is 7.43. The molecule has 3 heterocycles. The summed E-state index contributed by atoms with van der Waals surface area (Å²) in [6, 6.07) is 0. The molecule has 0 aromatic carbocycles. The van der Waals surface area contributed by atoms with Gasteiger partial charge in [-0.25, -0.2) is 9.97 Å². The second-order valence-electron chi connectivity index (χ2n) is 4.89. The molecule has 0 spiro atoms. The van der Waals surface area contributed by atoms with Gasteiger partial charge in [-0.2, -0.15) is 0 Å². The zero-order chi connectivity index (χ0) is 14.3. The van der Waals surface area contributed by atoms with E-state index < -0.39 is 0 Å². The van der Waals surface area contributed by atoms with E-state index in [4.69, 9.17) is 5.73 Å². The van der Waals surface area contributed by atoms with Gasteiger partial charge in [0.25, 0.3) is 5.56 Å². The SMILES string of the molecule is CC(=O)N1Cc2cnc3nc(CCN)[nH]c(=O)c3c2C1. The topological polar surface area (TPSA) is 105 Å². The Labute approximate surface area is 114 Å². The van der Waals surface area contributed by atoms with Crippen molar-refractivity contribution in [3.05, 3.63) is 33.5 Å². The minimum absolute atomic E-state index is 0.0153. The normalized spacial score (nSPS) is 13.8. The predicted octanol–water partition coefficient (Wildman–Crippen LogP) is -0.319. The summed E-state index contributed by atoms with van der Waals surface area (Å²) in [4.78, 5) is 36.7. The standard InChI is InChI=1S/C13H15N5O2/c1-7(19)18-5-8-4-15-12-11(9(8)6-18)13(20)17-10(16-12)2-3-14/h4H,2-3,5-6,14H2,1H3,(H,15,16,17,20). The van der Waals surface area contributed by atoms with E-state index in [1.165, 1.54) is 6.92 Å². The fraction of sp³-hybridized carbons (Fsp3) is 0.385. The smallest absolute Gasteiger partial charge is 0.260 e. The fourth-order valence-corrected chi connectivity index (χ4v) is 2.50. The van der Waals surface area contributed by atoms with Crippen LogP contribution in [-0.4, -0.2) is 32.3 Å². The van der Waals surface area contributed by atoms with Crippen LogP contribution in [-0.2, 0) is 24.3 Å². The van der Waals surface area contributed by atoms with E-state index in [0.717, 1.165) is 11.1 Å². The molecule has 1 aliphatic rings. The highest BCUT2D eigenvalue weighted by Gasteiger charge is 2.25. The van der Waals surface area contributed by atoms with Gasteiger partial charge in [0.1, 0.15) is 5.82 Å². The number of pyridine rings is 1. The molecular weight excluding hydrogens is 258 g/mol. The van der Waals surface area contributed by atoms with Crippen LogP contribution < -0.4 is 11.3 Å². The van der Waals surface area contributed by atoms with Gasteiger partial charge in [-0.3, -0.25) is 9.59 Å². The van der Waals surface area contributed by atoms with E-state index in [1.807, 2.05) is 0 Å². The van der Waals surface area contributed by atoms with Gasteiger partial charge >= 0.3 is 0 Å². The highest BCUT2D eigenvalue weighted by Crippen LogP contribution is 2.26. The third-order valence-electron chi connectivity index (χ3n) is 3.52. The molecule has 0 atom stereocenters. The summed E-state index contributed by atoms with van der Waals surface area (Å²) in [5, 5.41) is 0.479. The van der Waals surface area contributed by atoms with Crippen LogP contribution in [0.5, 0.6) is 0 Å². The van der Waals surface area contributed by atoms with Crippen LogP contribution in [0.2, 0.25) is 0 Å². The van der Waals surface area contributed by atoms with Crippen molar-refractivity contribution in [2.45, 2.75) is 26.4 Å². The maximum Gasteiger partial charge on any atom is 0.260 e. The molecule has 7 nitrogen and oxygen atoms in total. The van der Waals surface area contributed by atoms with Gasteiger partial charge in [-0.15, -0.1) is 0 Å². The molecule has 0 bridgehead atoms. The van der Waals surface area contributed by atoms with E-state index in [-0.39, 0.29) is 11.5 Å². The van der Waals surface area contributed by atoms with Crippen molar-refractivity contribution in [3.63, 3.8) is 0 Å². The maximum atomic E-state index is 12.2. The zero-order valence-electron chi connectivity index (χ0n) is 11.1. The Balaban J connectivity index is 2.16. The minimum Gasteiger partial charge on any atom is -0.334 e. The maximum absolute atomic E-state index is 12.2. The zero-order valence-corrected chi connectivity index (χ0v) is 11.1. The van der Waals surface area contributed by atoms with E-state index in [1.54, 1.807) is 11.1 Å². The van der Waals surface area contributed by atoms with E-state index in [0.29, 0.717) is 42.9 Å². The van der Waals surface area contributed by atoms with Crippen molar-refractivity contribution >= 4 is 16.9 Å². The van der Waals surface area contributed by atoms with Crippen molar-refractivity contribution in [1.82, 2.24) is 19.9 Å². The number of carbonyl (C=O) groups excluding carboxylic acids is 1. The molecule has 3 N–H and O–H groups in total. The van der Waals surface area contributed by atoms with Crippen molar-refractivity contribution in [2.75, 3.05) is 6.54 Å². The fourth-order valence-electron chi connectivity index (χ4n) is 2.50. The molecule has 1 aliphatic heterocycles. The Morgan fingerprint density at radius 1 is 1.50 bits per heavy atom. The van der Waals surface area contributed by atoms with Crippen LogP contribution in [0.15, 0.2) is 11.0 Å². The number of aromatic nitrogens is 3. The molecule has 1 amide bonds. The Hall–Kier alpha value is -2.28. The lowest BCUT2D eigenvalue weighted by Gasteiger charge is -2.11. The van der Waals surface area contributed by atoms with Crippen LogP contribution in [0.4, 0.5) is 0 Å². The molecule has 3 rings (SSSR count). The largest absolute Gasteiger partial charge is 0.334 e. The van der Waals surface area contributed by atoms with Gasteiger partial charge in [-0.1, -0.05) is 0 Å². The second kappa shape index (κ2) is 4.68. The number of nitrogens with one attached hydrogen (secondary N) is 1. The van der Waals surface area contributed by atoms with Crippen LogP contribution in [0, 0.1) is 0 Å². The third-order valence-corrected chi connectivity index (χ3v) is 3.52. The minimum atomic E-state index is -0.215. The van der Waals surface area contributed by atoms with Gasteiger partial charge in [0.05, 0.1) is 5.39 Å². The highest BCUT2D eigenvalue weighted by atomic mass is 16.2. The van der Waals surface area contributed by atoms with Gasteiger partial charge in [0.15, 0.2) is 5.65 Å². The summed E-state index contributed by atoms with van der Waals surface area (Å²) in [7, 11) is 0. The molecule has 0 saturated heterocycles. The molecule has 0 aliphatic carbocycles. The summed E-state index contributed by atoms with van der Waals surface area (Å²) < 4.78 is 0. The number of rotatable bonds is 2. The molecule has 20 heavy (non-hydrogen) atoms. The van der Waals surface area contributed by atoms with Crippen LogP contribution in [0.25, 0.3) is 11.0 Å². The van der Waals surface area contributed by atoms with E-state index >= 15 is 0 Å². The number of aromatic amines is 1. The number of fused-ring (bicyclic) bond motifs is 3. The highest BCUT2D eigenvalue weighted by molar-refractivity contribution is 5.81. The monoisotopic (exact) mass is 273 g/mol. The molecular formula is C13H15N5O2. The molecule has 0 saturated carbocycles. The lowest BCUT2D eigenvalue weighted by molar-refractivity contribution is -0.129. The van der Waals surface area contributed by atoms with Crippen LogP contribution >= 0.6 is 0 Å². The lowest BCUT2D eigenvalue weighted by Crippen LogP contribution is -2.22. The third kappa shape index (κ3) is 1.96. The van der Waals surface area contributed by atoms with E-state index in [9.17, 15) is 9.59 Å². The molecule has 0 fully saturated rings. The summed E-state index contributed by atoms with van der Waals surface area (Å²) in [6.07, 6.45) is 2.20. The van der Waals surface area contributed by atoms with Gasteiger partial charge in [-0.05, 0) is 17.7 Å². The summed E-state index contributed by atoms with van der Waals surface area (Å²) in [5.74, 6) is 0.525. The molecule has 7 heteroatoms. The van der Waals surface area contributed by atoms with Crippen molar-refractivity contribution in [3.8, 4) is 0 Å². The number of hydrogen-bond donors (Lipinski definition) is 2. The Morgan fingerprint density at radius 3 is 3.00 bits per heavy atom. The Kier molecular flexibility index (Phi) is 2.98. The number of carbonyl (C=O) groups is 1. The number of nitrogens with zero attached hydrogens (tertiary/aromatic N) is 3. The van der Waals surface area contributed by atoms with Gasteiger partial charge in [0.2, 0.25) is 5.91 Å². The van der Waals surface area contributed by atoms with Crippen LogP contribution in [0.3, 0.4) is 0 Å². The molecule has 0 unspecified atom stereocenters. The summed E-state index contributed by atoms with van der Waals surface area (Å²) >= 11 is 0. The summed E-state index contributed by atoms with van der Waals surface area (Å²) in [6.45, 7) is 2.86. The first-order valence-corrected chi connectivity index (χ1v) is 6.45. The molecule has 0 radical (unpaired) electrons. The average Bonchev–Trinajstić information content (AvgIpc) is 2.82. The molecule has 104 valence electrons. The lowest BCUT2D eigenvalue weighted by atomic mass is 10.1. The average molecular weight is 273 g/mol. The molecule has 2 aromatic rings. The second-order valence-corrected chi connectivity index (χ2v) is 4.89. The number of H-pyrrole nitrogens is 1. The van der Waals surface area contributed by atoms with Gasteiger partial charge in [0, 0.05) is 32.6 Å². The Bertz CT molecular complexity index is 752. The first kappa shape index (κ1) is 12.7. The van der Waals surface area contributed by atoms with E-state index in [2.05, 4.69) is 15.0 Å². The number of nitrogens with two attached hydrogens (primary N) is 1.